The molecule has 2 aromatic rings. The van der Waals surface area contributed by atoms with Crippen molar-refractivity contribution in [2.75, 3.05) is 17.2 Å². The van der Waals surface area contributed by atoms with Crippen molar-refractivity contribution in [1.82, 2.24) is 4.98 Å². The van der Waals surface area contributed by atoms with Crippen LogP contribution in [0.1, 0.15) is 6.92 Å². The summed E-state index contributed by atoms with van der Waals surface area (Å²) in [4.78, 5) is 14.7. The van der Waals surface area contributed by atoms with Crippen LogP contribution >= 0.6 is 0 Å². The lowest BCUT2D eigenvalue weighted by molar-refractivity contribution is -0.384. The minimum atomic E-state index is -0.432. The van der Waals surface area contributed by atoms with E-state index in [4.69, 9.17) is 0 Å². The largest absolute Gasteiger partial charge is 0.370 e. The molecular weight excluding hydrogens is 244 g/mol. The average Bonchev–Trinajstić information content (AvgIpc) is 2.40. The van der Waals surface area contributed by atoms with E-state index < -0.39 is 4.92 Å². The molecule has 0 bridgehead atoms. The Hall–Kier alpha value is -2.63. The molecule has 6 heteroatoms. The molecule has 0 saturated heterocycles. The quantitative estimate of drug-likeness (QED) is 0.636. The molecule has 0 saturated carbocycles. The molecule has 0 aliphatic carbocycles. The summed E-state index contributed by atoms with van der Waals surface area (Å²) in [6.07, 6.45) is 0. The Balaban J connectivity index is 2.31. The minimum Gasteiger partial charge on any atom is -0.370 e. The maximum Gasteiger partial charge on any atom is 0.276 e. The number of hydrogen-bond donors (Lipinski definition) is 2. The molecule has 0 aliphatic rings. The van der Waals surface area contributed by atoms with Gasteiger partial charge in [0, 0.05) is 12.2 Å². The summed E-state index contributed by atoms with van der Waals surface area (Å²) in [5, 5.41) is 16.9. The van der Waals surface area contributed by atoms with Crippen molar-refractivity contribution < 1.29 is 4.92 Å². The van der Waals surface area contributed by atoms with Gasteiger partial charge in [-0.2, -0.15) is 0 Å². The summed E-state index contributed by atoms with van der Waals surface area (Å²) < 4.78 is 0. The van der Waals surface area contributed by atoms with Crippen LogP contribution in [0.3, 0.4) is 0 Å². The zero-order chi connectivity index (χ0) is 13.7. The van der Waals surface area contributed by atoms with Gasteiger partial charge in [-0.3, -0.25) is 10.1 Å². The second kappa shape index (κ2) is 5.81. The van der Waals surface area contributed by atoms with Crippen LogP contribution in [0.4, 0.5) is 23.0 Å². The fourth-order valence-electron chi connectivity index (χ4n) is 1.63. The molecule has 0 atom stereocenters. The predicted octanol–water partition coefficient (Wildman–Crippen LogP) is 3.17. The fourth-order valence-corrected chi connectivity index (χ4v) is 1.63. The number of pyridine rings is 1. The van der Waals surface area contributed by atoms with E-state index in [0.29, 0.717) is 18.2 Å². The Labute approximate surface area is 110 Å². The van der Waals surface area contributed by atoms with E-state index in [2.05, 4.69) is 15.6 Å². The molecular formula is C13H14N4O2. The fraction of sp³-hybridized carbons (Fsp3) is 0.154. The normalized spacial score (nSPS) is 9.95. The predicted molar refractivity (Wildman–Crippen MR) is 74.8 cm³/mol. The van der Waals surface area contributed by atoms with Crippen LogP contribution in [0.15, 0.2) is 42.5 Å². The molecule has 0 fully saturated rings. The first-order valence-electron chi connectivity index (χ1n) is 5.91. The lowest BCUT2D eigenvalue weighted by Gasteiger charge is -2.08. The molecule has 2 N–H and O–H groups in total. The molecule has 0 aliphatic heterocycles. The second-order valence-corrected chi connectivity index (χ2v) is 3.87. The third-order valence-electron chi connectivity index (χ3n) is 2.43. The lowest BCUT2D eigenvalue weighted by atomic mass is 10.3. The highest BCUT2D eigenvalue weighted by Gasteiger charge is 2.11. The molecule has 0 unspecified atom stereocenters. The molecule has 0 radical (unpaired) electrons. The third kappa shape index (κ3) is 3.41. The highest BCUT2D eigenvalue weighted by molar-refractivity contribution is 5.62. The van der Waals surface area contributed by atoms with E-state index in [-0.39, 0.29) is 5.69 Å². The molecule has 19 heavy (non-hydrogen) atoms. The van der Waals surface area contributed by atoms with Gasteiger partial charge >= 0.3 is 0 Å². The Kier molecular flexibility index (Phi) is 3.92. The topological polar surface area (TPSA) is 80.1 Å². The number of anilines is 3. The number of benzene rings is 1. The number of nitrogens with zero attached hydrogens (tertiary/aromatic N) is 2. The molecule has 0 amide bonds. The summed E-state index contributed by atoms with van der Waals surface area (Å²) in [6, 6.07) is 12.2. The zero-order valence-electron chi connectivity index (χ0n) is 10.5. The number of hydrogen-bond acceptors (Lipinski definition) is 5. The summed E-state index contributed by atoms with van der Waals surface area (Å²) in [7, 11) is 0. The molecule has 98 valence electrons. The minimum absolute atomic E-state index is 0.00406. The van der Waals surface area contributed by atoms with Crippen molar-refractivity contribution in [2.45, 2.75) is 6.92 Å². The first-order chi connectivity index (χ1) is 9.19. The maximum absolute atomic E-state index is 10.9. The van der Waals surface area contributed by atoms with Gasteiger partial charge in [0.15, 0.2) is 0 Å². The standard InChI is InChI=1S/C13H14N4O2/c1-2-14-12-8-11(17(18)19)9-13(16-12)15-10-6-4-3-5-7-10/h3-9H,2H2,1H3,(H2,14,15,16). The van der Waals surface area contributed by atoms with Gasteiger partial charge in [-0.1, -0.05) is 18.2 Å². The van der Waals surface area contributed by atoms with Gasteiger partial charge in [-0.15, -0.1) is 0 Å². The van der Waals surface area contributed by atoms with Crippen LogP contribution in [0, 0.1) is 10.1 Å². The van der Waals surface area contributed by atoms with Gasteiger partial charge in [0.25, 0.3) is 5.69 Å². The van der Waals surface area contributed by atoms with Gasteiger partial charge in [0.2, 0.25) is 0 Å². The maximum atomic E-state index is 10.9. The van der Waals surface area contributed by atoms with Crippen LogP contribution in [0.5, 0.6) is 0 Å². The molecule has 1 heterocycles. The Morgan fingerprint density at radius 1 is 1.21 bits per heavy atom. The number of rotatable bonds is 5. The van der Waals surface area contributed by atoms with E-state index >= 15 is 0 Å². The van der Waals surface area contributed by atoms with Crippen molar-refractivity contribution in [2.24, 2.45) is 0 Å². The van der Waals surface area contributed by atoms with Crippen LogP contribution in [0.2, 0.25) is 0 Å². The Morgan fingerprint density at radius 2 is 1.89 bits per heavy atom. The number of para-hydroxylation sites is 1. The zero-order valence-corrected chi connectivity index (χ0v) is 10.5. The van der Waals surface area contributed by atoms with Crippen LogP contribution in [0.25, 0.3) is 0 Å². The number of nitrogens with one attached hydrogen (secondary N) is 2. The van der Waals surface area contributed by atoms with Crippen LogP contribution in [-0.4, -0.2) is 16.5 Å². The average molecular weight is 258 g/mol. The second-order valence-electron chi connectivity index (χ2n) is 3.87. The summed E-state index contributed by atoms with van der Waals surface area (Å²) in [6.45, 7) is 2.56. The van der Waals surface area contributed by atoms with E-state index in [1.807, 2.05) is 37.3 Å². The van der Waals surface area contributed by atoms with Crippen molar-refractivity contribution in [1.29, 1.82) is 0 Å². The SMILES string of the molecule is CCNc1cc([N+](=O)[O-])cc(Nc2ccccc2)n1. The van der Waals surface area contributed by atoms with Crippen molar-refractivity contribution in [3.05, 3.63) is 52.6 Å². The third-order valence-corrected chi connectivity index (χ3v) is 2.43. The van der Waals surface area contributed by atoms with Crippen molar-refractivity contribution >= 4 is 23.0 Å². The molecule has 6 nitrogen and oxygen atoms in total. The Morgan fingerprint density at radius 3 is 2.53 bits per heavy atom. The monoisotopic (exact) mass is 258 g/mol. The molecule has 0 spiro atoms. The van der Waals surface area contributed by atoms with Crippen LogP contribution in [-0.2, 0) is 0 Å². The van der Waals surface area contributed by atoms with Gasteiger partial charge < -0.3 is 10.6 Å². The van der Waals surface area contributed by atoms with E-state index in [1.54, 1.807) is 0 Å². The van der Waals surface area contributed by atoms with E-state index in [0.717, 1.165) is 5.69 Å². The summed E-state index contributed by atoms with van der Waals surface area (Å²) in [5.41, 5.74) is 0.835. The lowest BCUT2D eigenvalue weighted by Crippen LogP contribution is -2.03. The first kappa shape index (κ1) is 12.8. The van der Waals surface area contributed by atoms with E-state index in [1.165, 1.54) is 12.1 Å². The van der Waals surface area contributed by atoms with Crippen molar-refractivity contribution in [3.63, 3.8) is 0 Å². The molecule has 1 aromatic heterocycles. The van der Waals surface area contributed by atoms with Crippen LogP contribution < -0.4 is 10.6 Å². The Bertz CT molecular complexity index is 572. The highest BCUT2D eigenvalue weighted by atomic mass is 16.6. The number of nitro groups is 1. The molecule has 1 aromatic carbocycles. The summed E-state index contributed by atoms with van der Waals surface area (Å²) in [5.74, 6) is 0.923. The van der Waals surface area contributed by atoms with Gasteiger partial charge in [-0.05, 0) is 19.1 Å². The van der Waals surface area contributed by atoms with Gasteiger partial charge in [0.05, 0.1) is 17.1 Å². The molecule has 2 rings (SSSR count). The van der Waals surface area contributed by atoms with Gasteiger partial charge in [-0.25, -0.2) is 4.98 Å². The number of aromatic nitrogens is 1. The van der Waals surface area contributed by atoms with Gasteiger partial charge in [0.1, 0.15) is 11.6 Å². The van der Waals surface area contributed by atoms with Crippen molar-refractivity contribution in [3.8, 4) is 0 Å². The van der Waals surface area contributed by atoms with E-state index in [9.17, 15) is 10.1 Å². The summed E-state index contributed by atoms with van der Waals surface area (Å²) >= 11 is 0. The highest BCUT2D eigenvalue weighted by Crippen LogP contribution is 2.23. The first-order valence-corrected chi connectivity index (χ1v) is 5.91. The smallest absolute Gasteiger partial charge is 0.276 e.